The smallest absolute Gasteiger partial charge is 0.196 e. The molecule has 0 atom stereocenters. The Balaban J connectivity index is 2.47. The van der Waals surface area contributed by atoms with Crippen LogP contribution in [0.15, 0.2) is 36.4 Å². The summed E-state index contributed by atoms with van der Waals surface area (Å²) in [5.41, 5.74) is 0.748. The molecule has 0 radical (unpaired) electrons. The molecule has 0 amide bonds. The van der Waals surface area contributed by atoms with Crippen molar-refractivity contribution in [3.8, 4) is 0 Å². The number of hydrogen-bond acceptors (Lipinski definition) is 1. The first-order valence-corrected chi connectivity index (χ1v) is 5.63. The first-order chi connectivity index (χ1) is 8.49. The molecule has 0 bridgehead atoms. The van der Waals surface area contributed by atoms with E-state index in [2.05, 4.69) is 0 Å². The maximum Gasteiger partial charge on any atom is 0.196 e. The SMILES string of the molecule is Cc1ccc(C(=O)c2cc(F)ccc2F)cc1Cl. The van der Waals surface area contributed by atoms with Crippen molar-refractivity contribution in [2.24, 2.45) is 0 Å². The average Bonchev–Trinajstić information content (AvgIpc) is 2.35. The van der Waals surface area contributed by atoms with Crippen LogP contribution in [0.5, 0.6) is 0 Å². The minimum Gasteiger partial charge on any atom is -0.288 e. The molecule has 4 heteroatoms. The van der Waals surface area contributed by atoms with Gasteiger partial charge < -0.3 is 0 Å². The van der Waals surface area contributed by atoms with Gasteiger partial charge in [-0.1, -0.05) is 23.7 Å². The lowest BCUT2D eigenvalue weighted by molar-refractivity contribution is 0.103. The molecule has 2 aromatic rings. The van der Waals surface area contributed by atoms with Crippen LogP contribution >= 0.6 is 11.6 Å². The van der Waals surface area contributed by atoms with Crippen LogP contribution < -0.4 is 0 Å². The zero-order valence-electron chi connectivity index (χ0n) is 9.51. The van der Waals surface area contributed by atoms with Gasteiger partial charge in [-0.2, -0.15) is 0 Å². The molecular weight excluding hydrogens is 258 g/mol. The Hall–Kier alpha value is -1.74. The standard InChI is InChI=1S/C14H9ClF2O/c1-8-2-3-9(6-12(8)15)14(18)11-7-10(16)4-5-13(11)17/h2-7H,1H3. The van der Waals surface area contributed by atoms with Gasteiger partial charge in [0.2, 0.25) is 0 Å². The quantitative estimate of drug-likeness (QED) is 0.746. The van der Waals surface area contributed by atoms with E-state index in [4.69, 9.17) is 11.6 Å². The summed E-state index contributed by atoms with van der Waals surface area (Å²) in [6.07, 6.45) is 0. The molecule has 2 rings (SSSR count). The molecule has 0 aliphatic heterocycles. The van der Waals surface area contributed by atoms with E-state index >= 15 is 0 Å². The van der Waals surface area contributed by atoms with Crippen LogP contribution in [0.1, 0.15) is 21.5 Å². The summed E-state index contributed by atoms with van der Waals surface area (Å²) in [7, 11) is 0. The largest absolute Gasteiger partial charge is 0.288 e. The fourth-order valence-corrected chi connectivity index (χ4v) is 1.74. The number of rotatable bonds is 2. The zero-order chi connectivity index (χ0) is 13.3. The maximum atomic E-state index is 13.5. The maximum absolute atomic E-state index is 13.5. The van der Waals surface area contributed by atoms with Gasteiger partial charge in [-0.25, -0.2) is 8.78 Å². The van der Waals surface area contributed by atoms with E-state index in [9.17, 15) is 13.6 Å². The van der Waals surface area contributed by atoms with Crippen LogP contribution in [0.3, 0.4) is 0 Å². The third kappa shape index (κ3) is 2.41. The van der Waals surface area contributed by atoms with E-state index < -0.39 is 17.4 Å². The molecule has 0 aliphatic carbocycles. The van der Waals surface area contributed by atoms with Crippen LogP contribution in [0.2, 0.25) is 5.02 Å². The summed E-state index contributed by atoms with van der Waals surface area (Å²) in [5.74, 6) is -2.00. The van der Waals surface area contributed by atoms with Gasteiger partial charge in [0.15, 0.2) is 5.78 Å². The highest BCUT2D eigenvalue weighted by atomic mass is 35.5. The van der Waals surface area contributed by atoms with E-state index in [1.807, 2.05) is 0 Å². The van der Waals surface area contributed by atoms with Crippen LogP contribution in [0.4, 0.5) is 8.78 Å². The third-order valence-electron chi connectivity index (χ3n) is 2.61. The van der Waals surface area contributed by atoms with Crippen molar-refractivity contribution in [3.05, 3.63) is 69.7 Å². The van der Waals surface area contributed by atoms with Gasteiger partial charge >= 0.3 is 0 Å². The lowest BCUT2D eigenvalue weighted by atomic mass is 10.0. The molecular formula is C14H9ClF2O. The van der Waals surface area contributed by atoms with Gasteiger partial charge in [0.25, 0.3) is 0 Å². The summed E-state index contributed by atoms with van der Waals surface area (Å²) in [6.45, 7) is 1.79. The van der Waals surface area contributed by atoms with Crippen molar-refractivity contribution in [2.75, 3.05) is 0 Å². The molecule has 2 aromatic carbocycles. The molecule has 0 saturated carbocycles. The Morgan fingerprint density at radius 2 is 1.83 bits per heavy atom. The van der Waals surface area contributed by atoms with Gasteiger partial charge in [0, 0.05) is 10.6 Å². The van der Waals surface area contributed by atoms with Crippen molar-refractivity contribution in [1.82, 2.24) is 0 Å². The molecule has 92 valence electrons. The lowest BCUT2D eigenvalue weighted by Gasteiger charge is -2.05. The summed E-state index contributed by atoms with van der Waals surface area (Å²) >= 11 is 5.90. The molecule has 0 heterocycles. The van der Waals surface area contributed by atoms with E-state index in [-0.39, 0.29) is 11.1 Å². The van der Waals surface area contributed by atoms with Crippen molar-refractivity contribution >= 4 is 17.4 Å². The highest BCUT2D eigenvalue weighted by Gasteiger charge is 2.15. The highest BCUT2D eigenvalue weighted by molar-refractivity contribution is 6.31. The normalized spacial score (nSPS) is 10.4. The van der Waals surface area contributed by atoms with Gasteiger partial charge in [-0.05, 0) is 36.8 Å². The number of carbonyl (C=O) groups excluding carboxylic acids is 1. The summed E-state index contributed by atoms with van der Waals surface area (Å²) < 4.78 is 26.5. The minimum absolute atomic E-state index is 0.232. The number of benzene rings is 2. The number of ketones is 1. The van der Waals surface area contributed by atoms with Crippen molar-refractivity contribution in [1.29, 1.82) is 0 Å². The lowest BCUT2D eigenvalue weighted by Crippen LogP contribution is -2.05. The van der Waals surface area contributed by atoms with Crippen LogP contribution in [-0.4, -0.2) is 5.78 Å². The first-order valence-electron chi connectivity index (χ1n) is 5.25. The Bertz CT molecular complexity index is 623. The van der Waals surface area contributed by atoms with E-state index in [1.165, 1.54) is 12.1 Å². The number of carbonyl (C=O) groups is 1. The third-order valence-corrected chi connectivity index (χ3v) is 3.01. The molecule has 0 spiro atoms. The van der Waals surface area contributed by atoms with Crippen LogP contribution in [0.25, 0.3) is 0 Å². The average molecular weight is 267 g/mol. The summed E-state index contributed by atoms with van der Waals surface area (Å²) in [6, 6.07) is 7.42. The second-order valence-corrected chi connectivity index (χ2v) is 4.32. The van der Waals surface area contributed by atoms with Gasteiger partial charge in [0.1, 0.15) is 11.6 Å². The van der Waals surface area contributed by atoms with Crippen LogP contribution in [0, 0.1) is 18.6 Å². The van der Waals surface area contributed by atoms with Crippen LogP contribution in [-0.2, 0) is 0 Å². The highest BCUT2D eigenvalue weighted by Crippen LogP contribution is 2.20. The summed E-state index contributed by atoms with van der Waals surface area (Å²) in [5, 5.41) is 0.415. The molecule has 0 saturated heterocycles. The Morgan fingerprint density at radius 1 is 1.11 bits per heavy atom. The predicted molar refractivity (Wildman–Crippen MR) is 66.0 cm³/mol. The fraction of sp³-hybridized carbons (Fsp3) is 0.0714. The van der Waals surface area contributed by atoms with E-state index in [0.717, 1.165) is 23.8 Å². The molecule has 0 unspecified atom stereocenters. The van der Waals surface area contributed by atoms with Gasteiger partial charge in [-0.3, -0.25) is 4.79 Å². The predicted octanol–water partition coefficient (Wildman–Crippen LogP) is 4.16. The summed E-state index contributed by atoms with van der Waals surface area (Å²) in [4.78, 5) is 12.0. The molecule has 18 heavy (non-hydrogen) atoms. The Morgan fingerprint density at radius 3 is 2.50 bits per heavy atom. The number of halogens is 3. The fourth-order valence-electron chi connectivity index (χ4n) is 1.56. The Labute approximate surface area is 108 Å². The first kappa shape index (κ1) is 12.7. The Kier molecular flexibility index (Phi) is 3.43. The molecule has 0 aromatic heterocycles. The van der Waals surface area contributed by atoms with Crippen molar-refractivity contribution in [2.45, 2.75) is 6.92 Å². The van der Waals surface area contributed by atoms with Gasteiger partial charge in [-0.15, -0.1) is 0 Å². The zero-order valence-corrected chi connectivity index (χ0v) is 10.3. The van der Waals surface area contributed by atoms with E-state index in [1.54, 1.807) is 13.0 Å². The number of hydrogen-bond donors (Lipinski definition) is 0. The van der Waals surface area contributed by atoms with Crippen molar-refractivity contribution in [3.63, 3.8) is 0 Å². The second-order valence-electron chi connectivity index (χ2n) is 3.92. The van der Waals surface area contributed by atoms with Gasteiger partial charge in [0.05, 0.1) is 5.56 Å². The number of aryl methyl sites for hydroxylation is 1. The topological polar surface area (TPSA) is 17.1 Å². The van der Waals surface area contributed by atoms with E-state index in [0.29, 0.717) is 5.02 Å². The molecule has 0 N–H and O–H groups in total. The second kappa shape index (κ2) is 4.86. The molecule has 1 nitrogen and oxygen atoms in total. The monoisotopic (exact) mass is 266 g/mol. The van der Waals surface area contributed by atoms with Crippen molar-refractivity contribution < 1.29 is 13.6 Å². The molecule has 0 fully saturated rings. The minimum atomic E-state index is -0.752. The molecule has 0 aliphatic rings.